The number of halogens is 1. The molecule has 2 aromatic rings. The first-order chi connectivity index (χ1) is 12.2. The van der Waals surface area contributed by atoms with Crippen LogP contribution in [-0.2, 0) is 0 Å². The molecule has 1 saturated carbocycles. The summed E-state index contributed by atoms with van der Waals surface area (Å²) in [6, 6.07) is 3.60. The summed E-state index contributed by atoms with van der Waals surface area (Å²) in [5, 5.41) is 8.96. The van der Waals surface area contributed by atoms with Crippen LogP contribution in [0, 0.1) is 24.1 Å². The Morgan fingerprint density at radius 3 is 2.52 bits per heavy atom. The number of nitrogens with zero attached hydrogens (tertiary/aromatic N) is 7. The third-order valence-electron chi connectivity index (χ3n) is 4.58. The van der Waals surface area contributed by atoms with Gasteiger partial charge in [-0.25, -0.2) is 24.3 Å². The van der Waals surface area contributed by atoms with Gasteiger partial charge in [-0.1, -0.05) is 0 Å². The number of aryl methyl sites for hydroxylation is 1. The smallest absolute Gasteiger partial charge is 0.226 e. The van der Waals surface area contributed by atoms with Crippen molar-refractivity contribution in [2.45, 2.75) is 25.7 Å². The number of hydrogen-bond donors (Lipinski definition) is 0. The highest BCUT2D eigenvalue weighted by Gasteiger charge is 2.30. The molecule has 2 fully saturated rings. The minimum atomic E-state index is -0.333. The molecule has 0 bridgehead atoms. The van der Waals surface area contributed by atoms with Crippen LogP contribution in [0.5, 0.6) is 0 Å². The Kier molecular flexibility index (Phi) is 3.92. The number of hydrogen-bond acceptors (Lipinski definition) is 7. The average molecular weight is 339 g/mol. The summed E-state index contributed by atoms with van der Waals surface area (Å²) in [6.07, 6.45) is 3.76. The molecular weight excluding hydrogens is 321 g/mol. The van der Waals surface area contributed by atoms with Crippen LogP contribution < -0.4 is 9.80 Å². The first kappa shape index (κ1) is 15.7. The first-order valence-corrected chi connectivity index (χ1v) is 8.43. The number of nitriles is 1. The Bertz CT molecular complexity index is 835. The summed E-state index contributed by atoms with van der Waals surface area (Å²) in [4.78, 5) is 21.2. The van der Waals surface area contributed by atoms with Crippen molar-refractivity contribution in [3.63, 3.8) is 0 Å². The van der Waals surface area contributed by atoms with Crippen molar-refractivity contribution >= 4 is 11.8 Å². The lowest BCUT2D eigenvalue weighted by Gasteiger charge is -2.35. The topological polar surface area (TPSA) is 81.8 Å². The lowest BCUT2D eigenvalue weighted by molar-refractivity contribution is 0.567. The van der Waals surface area contributed by atoms with Gasteiger partial charge in [0.25, 0.3) is 0 Å². The lowest BCUT2D eigenvalue weighted by atomic mass is 10.2. The molecule has 0 amide bonds. The van der Waals surface area contributed by atoms with Crippen LogP contribution in [-0.4, -0.2) is 46.1 Å². The van der Waals surface area contributed by atoms with E-state index in [-0.39, 0.29) is 5.82 Å². The summed E-state index contributed by atoms with van der Waals surface area (Å²) in [5.74, 6) is 1.76. The van der Waals surface area contributed by atoms with E-state index in [0.29, 0.717) is 55.3 Å². The molecule has 1 aliphatic carbocycles. The summed E-state index contributed by atoms with van der Waals surface area (Å²) >= 11 is 0. The Morgan fingerprint density at radius 2 is 1.84 bits per heavy atom. The summed E-state index contributed by atoms with van der Waals surface area (Å²) in [6.45, 7) is 4.24. The number of piperazine rings is 1. The molecule has 0 radical (unpaired) electrons. The fourth-order valence-corrected chi connectivity index (χ4v) is 2.98. The Balaban J connectivity index is 1.51. The van der Waals surface area contributed by atoms with E-state index in [2.05, 4.69) is 19.9 Å². The fraction of sp³-hybridized carbons (Fsp3) is 0.471. The van der Waals surface area contributed by atoms with Gasteiger partial charge in [0.2, 0.25) is 5.95 Å². The van der Waals surface area contributed by atoms with Gasteiger partial charge in [-0.15, -0.1) is 0 Å². The van der Waals surface area contributed by atoms with Crippen LogP contribution in [0.4, 0.5) is 16.2 Å². The van der Waals surface area contributed by atoms with Crippen molar-refractivity contribution in [3.8, 4) is 6.07 Å². The fourth-order valence-electron chi connectivity index (χ4n) is 2.98. The van der Waals surface area contributed by atoms with E-state index in [9.17, 15) is 4.39 Å². The molecule has 2 aromatic heterocycles. The normalized spacial score (nSPS) is 17.5. The molecule has 7 nitrogen and oxygen atoms in total. The van der Waals surface area contributed by atoms with Gasteiger partial charge >= 0.3 is 0 Å². The van der Waals surface area contributed by atoms with Crippen LogP contribution in [0.25, 0.3) is 0 Å². The SMILES string of the molecule is Cc1nc(C2CC2)nc(N2CCN(c3nccc(C#N)n3)CC2)c1F. The van der Waals surface area contributed by atoms with E-state index in [1.165, 1.54) is 0 Å². The van der Waals surface area contributed by atoms with Gasteiger partial charge in [0.15, 0.2) is 11.6 Å². The molecule has 4 rings (SSSR count). The lowest BCUT2D eigenvalue weighted by Crippen LogP contribution is -2.48. The van der Waals surface area contributed by atoms with Crippen LogP contribution in [0.3, 0.4) is 0 Å². The first-order valence-electron chi connectivity index (χ1n) is 8.43. The zero-order valence-electron chi connectivity index (χ0n) is 14.0. The molecular formula is C17H18FN7. The van der Waals surface area contributed by atoms with E-state index in [0.717, 1.165) is 18.7 Å². The van der Waals surface area contributed by atoms with Gasteiger partial charge in [-0.05, 0) is 25.8 Å². The molecule has 0 unspecified atom stereocenters. The Morgan fingerprint density at radius 1 is 1.12 bits per heavy atom. The van der Waals surface area contributed by atoms with Crippen LogP contribution in [0.15, 0.2) is 12.3 Å². The van der Waals surface area contributed by atoms with Gasteiger partial charge in [-0.3, -0.25) is 0 Å². The quantitative estimate of drug-likeness (QED) is 0.843. The third kappa shape index (κ3) is 3.09. The molecule has 0 N–H and O–H groups in total. The highest BCUT2D eigenvalue weighted by Crippen LogP contribution is 2.39. The summed E-state index contributed by atoms with van der Waals surface area (Å²) in [7, 11) is 0. The zero-order chi connectivity index (χ0) is 17.4. The second-order valence-corrected chi connectivity index (χ2v) is 6.41. The Hall–Kier alpha value is -2.82. The minimum Gasteiger partial charge on any atom is -0.351 e. The summed E-state index contributed by atoms with van der Waals surface area (Å²) in [5.41, 5.74) is 0.762. The van der Waals surface area contributed by atoms with Gasteiger partial charge in [0, 0.05) is 38.3 Å². The maximum Gasteiger partial charge on any atom is 0.226 e. The zero-order valence-corrected chi connectivity index (χ0v) is 14.0. The average Bonchev–Trinajstić information content (AvgIpc) is 3.49. The van der Waals surface area contributed by atoms with Crippen molar-refractivity contribution < 1.29 is 4.39 Å². The van der Waals surface area contributed by atoms with Gasteiger partial charge in [0.05, 0.1) is 5.69 Å². The van der Waals surface area contributed by atoms with Gasteiger partial charge in [0.1, 0.15) is 17.6 Å². The monoisotopic (exact) mass is 339 g/mol. The minimum absolute atomic E-state index is 0.333. The van der Waals surface area contributed by atoms with Crippen LogP contribution >= 0.6 is 0 Å². The Labute approximate surface area is 145 Å². The van der Waals surface area contributed by atoms with E-state index in [1.54, 1.807) is 19.2 Å². The highest BCUT2D eigenvalue weighted by molar-refractivity contribution is 5.45. The number of aromatic nitrogens is 4. The third-order valence-corrected chi connectivity index (χ3v) is 4.58. The van der Waals surface area contributed by atoms with E-state index in [4.69, 9.17) is 5.26 Å². The second kappa shape index (κ2) is 6.24. The van der Waals surface area contributed by atoms with Crippen molar-refractivity contribution in [3.05, 3.63) is 35.3 Å². The maximum absolute atomic E-state index is 14.5. The number of rotatable bonds is 3. The summed E-state index contributed by atoms with van der Waals surface area (Å²) < 4.78 is 14.5. The maximum atomic E-state index is 14.5. The van der Waals surface area contributed by atoms with Gasteiger partial charge < -0.3 is 9.80 Å². The molecule has 0 atom stereocenters. The van der Waals surface area contributed by atoms with Gasteiger partial charge in [-0.2, -0.15) is 5.26 Å². The van der Waals surface area contributed by atoms with Crippen molar-refractivity contribution in [2.24, 2.45) is 0 Å². The molecule has 8 heteroatoms. The van der Waals surface area contributed by atoms with E-state index < -0.39 is 0 Å². The molecule has 3 heterocycles. The molecule has 1 aliphatic heterocycles. The molecule has 1 saturated heterocycles. The van der Waals surface area contributed by atoms with Crippen molar-refractivity contribution in [1.29, 1.82) is 5.26 Å². The largest absolute Gasteiger partial charge is 0.351 e. The standard InChI is InChI=1S/C17H18FN7/c1-11-14(18)16(23-15(21-11)12-2-3-12)24-6-8-25(9-7-24)17-20-5-4-13(10-19)22-17/h4-5,12H,2-3,6-9H2,1H3. The predicted octanol–water partition coefficient (Wildman–Crippen LogP) is 1.79. The van der Waals surface area contributed by atoms with Crippen molar-refractivity contribution in [1.82, 2.24) is 19.9 Å². The van der Waals surface area contributed by atoms with E-state index in [1.807, 2.05) is 15.9 Å². The highest BCUT2D eigenvalue weighted by atomic mass is 19.1. The van der Waals surface area contributed by atoms with Crippen LogP contribution in [0.1, 0.15) is 36.0 Å². The van der Waals surface area contributed by atoms with E-state index >= 15 is 0 Å². The predicted molar refractivity (Wildman–Crippen MR) is 89.9 cm³/mol. The molecule has 128 valence electrons. The van der Waals surface area contributed by atoms with Crippen molar-refractivity contribution in [2.75, 3.05) is 36.0 Å². The molecule has 0 aromatic carbocycles. The number of anilines is 2. The second-order valence-electron chi connectivity index (χ2n) is 6.41. The molecule has 25 heavy (non-hydrogen) atoms. The molecule has 0 spiro atoms. The molecule has 2 aliphatic rings. The van der Waals surface area contributed by atoms with Crippen LogP contribution in [0.2, 0.25) is 0 Å².